The van der Waals surface area contributed by atoms with Crippen molar-refractivity contribution in [1.29, 1.82) is 0 Å². The number of nitrogens with one attached hydrogen (secondary N) is 1. The van der Waals surface area contributed by atoms with E-state index in [9.17, 15) is 14.4 Å². The van der Waals surface area contributed by atoms with Crippen molar-refractivity contribution >= 4 is 52.5 Å². The topological polar surface area (TPSA) is 111 Å². The molecular weight excluding hydrogens is 759 g/mol. The zero-order valence-corrected chi connectivity index (χ0v) is 33.4. The van der Waals surface area contributed by atoms with E-state index in [4.69, 9.17) is 33.7 Å². The van der Waals surface area contributed by atoms with Gasteiger partial charge < -0.3 is 20.3 Å². The first-order valence-electron chi connectivity index (χ1n) is 19.2. The average molecular weight is 808 g/mol. The summed E-state index contributed by atoms with van der Waals surface area (Å²) in [4.78, 5) is 46.0. The second-order valence-electron chi connectivity index (χ2n) is 14.0. The first kappa shape index (κ1) is 41.2. The largest absolute Gasteiger partial charge is 0.417 e. The maximum absolute atomic E-state index is 12.9. The van der Waals surface area contributed by atoms with Gasteiger partial charge in [0.15, 0.2) is 0 Å². The number of carbonyl (C=O) groups is 3. The molecule has 7 rings (SSSR count). The smallest absolute Gasteiger partial charge is 0.410 e. The van der Waals surface area contributed by atoms with Crippen LogP contribution in [0.4, 0.5) is 16.2 Å². The van der Waals surface area contributed by atoms with Crippen molar-refractivity contribution in [2.24, 2.45) is 0 Å². The average Bonchev–Trinajstić information content (AvgIpc) is 3.24. The molecule has 0 radical (unpaired) electrons. The SMILES string of the molecule is Nc1ccc(C(=O)N2CCN(CCc3ccc(Cl)cc3)CC2)cc1.O=C(Nc1ccc(C(=O)N2CCN(CCc3ccc(Cl)cc3)CC2)cc1)Oc1ccccc1. The second-order valence-corrected chi connectivity index (χ2v) is 14.9. The first-order valence-corrected chi connectivity index (χ1v) is 20.0. The van der Waals surface area contributed by atoms with Crippen molar-refractivity contribution in [3.63, 3.8) is 0 Å². The Morgan fingerprint density at radius 2 is 0.965 bits per heavy atom. The fraction of sp³-hybridized carbons (Fsp3) is 0.267. The number of para-hydroxylation sites is 1. The number of nitrogens with two attached hydrogens (primary N) is 1. The molecule has 0 unspecified atom stereocenters. The number of halogens is 2. The summed E-state index contributed by atoms with van der Waals surface area (Å²) in [5.74, 6) is 0.562. The molecule has 57 heavy (non-hydrogen) atoms. The van der Waals surface area contributed by atoms with Crippen LogP contribution in [0.1, 0.15) is 31.8 Å². The quantitative estimate of drug-likeness (QED) is 0.138. The number of hydrogen-bond acceptors (Lipinski definition) is 7. The lowest BCUT2D eigenvalue weighted by Gasteiger charge is -2.34. The Bertz CT molecular complexity index is 2030. The number of piperazine rings is 2. The number of nitrogen functional groups attached to an aromatic ring is 1. The molecular formula is C45H48Cl2N6O4. The monoisotopic (exact) mass is 806 g/mol. The first-order chi connectivity index (χ1) is 27.7. The molecule has 0 bridgehead atoms. The van der Waals surface area contributed by atoms with Gasteiger partial charge >= 0.3 is 6.09 Å². The molecule has 5 aromatic carbocycles. The number of hydrogen-bond donors (Lipinski definition) is 2. The lowest BCUT2D eigenvalue weighted by atomic mass is 10.1. The lowest BCUT2D eigenvalue weighted by Crippen LogP contribution is -2.49. The van der Waals surface area contributed by atoms with Gasteiger partial charge in [-0.1, -0.05) is 65.7 Å². The minimum Gasteiger partial charge on any atom is -0.410 e. The van der Waals surface area contributed by atoms with Crippen LogP contribution in [0.15, 0.2) is 127 Å². The molecule has 3 N–H and O–H groups in total. The van der Waals surface area contributed by atoms with Gasteiger partial charge in [0.2, 0.25) is 0 Å². The molecule has 2 aliphatic heterocycles. The Morgan fingerprint density at radius 3 is 1.40 bits per heavy atom. The molecule has 0 aliphatic carbocycles. The Hall–Kier alpha value is -5.39. The third-order valence-corrected chi connectivity index (χ3v) is 10.6. The van der Waals surface area contributed by atoms with Crippen molar-refractivity contribution in [3.8, 4) is 5.75 Å². The summed E-state index contributed by atoms with van der Waals surface area (Å²) in [6.07, 6.45) is 1.39. The number of carbonyl (C=O) groups excluding carboxylic acids is 3. The van der Waals surface area contributed by atoms with E-state index in [-0.39, 0.29) is 11.8 Å². The van der Waals surface area contributed by atoms with Crippen LogP contribution in [0.5, 0.6) is 5.75 Å². The van der Waals surface area contributed by atoms with Crippen LogP contribution in [-0.4, -0.2) is 103 Å². The van der Waals surface area contributed by atoms with E-state index in [0.717, 1.165) is 75.2 Å². The standard InChI is InChI=1S/C26H26ClN3O3.C19H22ClN3O/c27-22-10-6-20(7-11-22)14-15-29-16-18-30(19-17-29)25(31)21-8-12-23(13-9-21)28-26(32)33-24-4-2-1-3-5-24;20-17-5-1-15(2-6-17)9-10-22-11-13-23(14-12-22)19(24)16-3-7-18(21)8-4-16/h1-13H,14-19H2,(H,28,32);1-8H,9-14,21H2. The molecule has 296 valence electrons. The Labute approximate surface area is 344 Å². The van der Waals surface area contributed by atoms with Crippen molar-refractivity contribution < 1.29 is 19.1 Å². The summed E-state index contributed by atoms with van der Waals surface area (Å²) in [6.45, 7) is 8.42. The van der Waals surface area contributed by atoms with E-state index in [1.54, 1.807) is 72.8 Å². The molecule has 2 fully saturated rings. The Kier molecular flexibility index (Phi) is 15.0. The summed E-state index contributed by atoms with van der Waals surface area (Å²) >= 11 is 11.9. The molecule has 2 saturated heterocycles. The molecule has 10 nitrogen and oxygen atoms in total. The van der Waals surface area contributed by atoms with Crippen molar-refractivity contribution in [2.75, 3.05) is 76.5 Å². The van der Waals surface area contributed by atoms with Gasteiger partial charge in [-0.15, -0.1) is 0 Å². The maximum Gasteiger partial charge on any atom is 0.417 e. The van der Waals surface area contributed by atoms with Crippen LogP contribution in [0.2, 0.25) is 10.0 Å². The fourth-order valence-electron chi connectivity index (χ4n) is 6.65. The molecule has 3 amide bonds. The van der Waals surface area contributed by atoms with Crippen LogP contribution in [-0.2, 0) is 12.8 Å². The number of nitrogens with zero attached hydrogens (tertiary/aromatic N) is 4. The van der Waals surface area contributed by atoms with Crippen LogP contribution < -0.4 is 15.8 Å². The molecule has 0 atom stereocenters. The number of ether oxygens (including phenoxy) is 1. The van der Waals surface area contributed by atoms with E-state index >= 15 is 0 Å². The normalized spacial score (nSPS) is 14.6. The number of benzene rings is 5. The van der Waals surface area contributed by atoms with Crippen LogP contribution in [0, 0.1) is 0 Å². The van der Waals surface area contributed by atoms with Crippen LogP contribution in [0.25, 0.3) is 0 Å². The van der Waals surface area contributed by atoms with Gasteiger partial charge in [0, 0.05) is 98.0 Å². The predicted octanol–water partition coefficient (Wildman–Crippen LogP) is 7.87. The maximum atomic E-state index is 12.9. The molecule has 2 heterocycles. The third kappa shape index (κ3) is 12.8. The zero-order chi connectivity index (χ0) is 40.0. The number of amides is 3. The zero-order valence-electron chi connectivity index (χ0n) is 31.9. The van der Waals surface area contributed by atoms with Crippen LogP contribution in [0.3, 0.4) is 0 Å². The molecule has 0 saturated carbocycles. The highest BCUT2D eigenvalue weighted by atomic mass is 35.5. The Morgan fingerprint density at radius 1 is 0.544 bits per heavy atom. The van der Waals surface area contributed by atoms with E-state index < -0.39 is 6.09 Å². The highest BCUT2D eigenvalue weighted by molar-refractivity contribution is 6.30. The molecule has 2 aliphatic rings. The summed E-state index contributed by atoms with van der Waals surface area (Å²) in [7, 11) is 0. The highest BCUT2D eigenvalue weighted by Crippen LogP contribution is 2.17. The van der Waals surface area contributed by atoms with Crippen molar-refractivity contribution in [1.82, 2.24) is 19.6 Å². The van der Waals surface area contributed by atoms with E-state index in [1.807, 2.05) is 40.1 Å². The van der Waals surface area contributed by atoms with Gasteiger partial charge in [-0.05, 0) is 109 Å². The van der Waals surface area contributed by atoms with Gasteiger partial charge in [-0.25, -0.2) is 4.79 Å². The summed E-state index contributed by atoms with van der Waals surface area (Å²) in [6, 6.07) is 38.8. The lowest BCUT2D eigenvalue weighted by molar-refractivity contribution is 0.0632. The van der Waals surface area contributed by atoms with Gasteiger partial charge in [0.25, 0.3) is 11.8 Å². The predicted molar refractivity (Wildman–Crippen MR) is 228 cm³/mol. The Balaban J connectivity index is 0.000000203. The fourth-order valence-corrected chi connectivity index (χ4v) is 6.90. The van der Waals surface area contributed by atoms with E-state index in [1.165, 1.54) is 11.1 Å². The summed E-state index contributed by atoms with van der Waals surface area (Å²) in [5.41, 5.74) is 10.8. The van der Waals surface area contributed by atoms with Gasteiger partial charge in [0.05, 0.1) is 0 Å². The highest BCUT2D eigenvalue weighted by Gasteiger charge is 2.23. The van der Waals surface area contributed by atoms with E-state index in [2.05, 4.69) is 39.4 Å². The van der Waals surface area contributed by atoms with Crippen LogP contribution >= 0.6 is 23.2 Å². The number of rotatable bonds is 10. The molecule has 0 spiro atoms. The molecule has 5 aromatic rings. The number of anilines is 2. The van der Waals surface area contributed by atoms with Gasteiger partial charge in [0.1, 0.15) is 5.75 Å². The van der Waals surface area contributed by atoms with Crippen molar-refractivity contribution in [2.45, 2.75) is 12.8 Å². The van der Waals surface area contributed by atoms with Gasteiger partial charge in [-0.2, -0.15) is 0 Å². The molecule has 0 aromatic heterocycles. The minimum absolute atomic E-state index is 0.00534. The third-order valence-electron chi connectivity index (χ3n) is 10.1. The second kappa shape index (κ2) is 20.7. The van der Waals surface area contributed by atoms with Crippen molar-refractivity contribution in [3.05, 3.63) is 160 Å². The minimum atomic E-state index is -0.574. The summed E-state index contributed by atoms with van der Waals surface area (Å²) in [5, 5.41) is 4.20. The molecule has 12 heteroatoms. The summed E-state index contributed by atoms with van der Waals surface area (Å²) < 4.78 is 5.22. The van der Waals surface area contributed by atoms with Gasteiger partial charge in [-0.3, -0.25) is 24.7 Å². The van der Waals surface area contributed by atoms with E-state index in [0.29, 0.717) is 41.3 Å².